The number of benzene rings is 2. The van der Waals surface area contributed by atoms with Crippen LogP contribution in [-0.4, -0.2) is 11.6 Å². The van der Waals surface area contributed by atoms with E-state index < -0.39 is 6.61 Å². The van der Waals surface area contributed by atoms with Crippen LogP contribution in [0.5, 0.6) is 5.75 Å². The summed E-state index contributed by atoms with van der Waals surface area (Å²) in [7, 11) is 0. The maximum atomic E-state index is 12.3. The number of halogens is 2. The van der Waals surface area contributed by atoms with Gasteiger partial charge in [0.1, 0.15) is 11.3 Å². The molecule has 0 aliphatic heterocycles. The molecule has 0 aliphatic carbocycles. The van der Waals surface area contributed by atoms with Crippen LogP contribution in [0.3, 0.4) is 0 Å². The highest BCUT2D eigenvalue weighted by molar-refractivity contribution is 5.76. The fourth-order valence-electron chi connectivity index (χ4n) is 1.94. The molecule has 0 aliphatic rings. The molecule has 0 spiro atoms. The molecule has 1 aromatic heterocycles. The minimum absolute atomic E-state index is 0.111. The van der Waals surface area contributed by atoms with Gasteiger partial charge in [-0.3, -0.25) is 0 Å². The van der Waals surface area contributed by atoms with Crippen molar-refractivity contribution < 1.29 is 17.9 Å². The maximum Gasteiger partial charge on any atom is 0.387 e. The van der Waals surface area contributed by atoms with E-state index in [1.165, 1.54) is 6.07 Å². The van der Waals surface area contributed by atoms with Crippen molar-refractivity contribution >= 4 is 23.3 Å². The Kier molecular flexibility index (Phi) is 3.64. The second kappa shape index (κ2) is 5.75. The van der Waals surface area contributed by atoms with Crippen molar-refractivity contribution in [2.45, 2.75) is 6.61 Å². The van der Waals surface area contributed by atoms with Crippen molar-refractivity contribution in [1.29, 1.82) is 0 Å². The zero-order chi connectivity index (χ0) is 14.7. The lowest BCUT2D eigenvalue weighted by Gasteiger charge is -2.06. The molecular formula is C16H11F2NO2. The summed E-state index contributed by atoms with van der Waals surface area (Å²) in [6.07, 6.45) is 3.25. The minimum atomic E-state index is -2.86. The van der Waals surface area contributed by atoms with Crippen LogP contribution in [0.4, 0.5) is 8.78 Å². The van der Waals surface area contributed by atoms with Crippen LogP contribution < -0.4 is 4.74 Å². The lowest BCUT2D eigenvalue weighted by Crippen LogP contribution is -2.02. The first-order valence-electron chi connectivity index (χ1n) is 6.30. The molecule has 2 aromatic carbocycles. The fourth-order valence-corrected chi connectivity index (χ4v) is 1.94. The maximum absolute atomic E-state index is 12.3. The normalized spacial score (nSPS) is 11.6. The molecule has 0 saturated heterocycles. The van der Waals surface area contributed by atoms with E-state index in [1.54, 1.807) is 30.4 Å². The van der Waals surface area contributed by atoms with Gasteiger partial charge in [0.2, 0.25) is 5.89 Å². The third-order valence-electron chi connectivity index (χ3n) is 2.85. The average molecular weight is 287 g/mol. The first-order valence-corrected chi connectivity index (χ1v) is 6.30. The molecule has 0 fully saturated rings. The standard InChI is InChI=1S/C16H11F2NO2/c17-16(18)21-13-7-3-1-5-11(13)9-10-15-19-12-6-2-4-8-14(12)20-15/h1-10,16H. The second-order valence-electron chi connectivity index (χ2n) is 4.27. The predicted octanol–water partition coefficient (Wildman–Crippen LogP) is 4.60. The Morgan fingerprint density at radius 3 is 2.57 bits per heavy atom. The molecule has 3 aromatic rings. The van der Waals surface area contributed by atoms with Gasteiger partial charge < -0.3 is 9.15 Å². The van der Waals surface area contributed by atoms with E-state index in [-0.39, 0.29) is 5.75 Å². The second-order valence-corrected chi connectivity index (χ2v) is 4.27. The first-order chi connectivity index (χ1) is 10.2. The largest absolute Gasteiger partial charge is 0.437 e. The number of rotatable bonds is 4. The van der Waals surface area contributed by atoms with Crippen molar-refractivity contribution in [3.63, 3.8) is 0 Å². The summed E-state index contributed by atoms with van der Waals surface area (Å²) in [5.74, 6) is 0.517. The van der Waals surface area contributed by atoms with Gasteiger partial charge in [-0.15, -0.1) is 0 Å². The Bertz CT molecular complexity index is 748. The van der Waals surface area contributed by atoms with E-state index in [2.05, 4.69) is 9.72 Å². The van der Waals surface area contributed by atoms with Crippen molar-refractivity contribution in [3.8, 4) is 5.75 Å². The lowest BCUT2D eigenvalue weighted by molar-refractivity contribution is -0.0499. The van der Waals surface area contributed by atoms with Gasteiger partial charge in [-0.05, 0) is 24.3 Å². The van der Waals surface area contributed by atoms with E-state index in [0.29, 0.717) is 17.0 Å². The molecule has 0 amide bonds. The van der Waals surface area contributed by atoms with E-state index in [1.807, 2.05) is 24.3 Å². The number of hydrogen-bond donors (Lipinski definition) is 0. The number of fused-ring (bicyclic) bond motifs is 1. The molecule has 0 radical (unpaired) electrons. The average Bonchev–Trinajstić information content (AvgIpc) is 2.88. The van der Waals surface area contributed by atoms with Gasteiger partial charge in [-0.25, -0.2) is 4.98 Å². The number of ether oxygens (including phenoxy) is 1. The van der Waals surface area contributed by atoms with Gasteiger partial charge in [0.25, 0.3) is 0 Å². The summed E-state index contributed by atoms with van der Waals surface area (Å²) >= 11 is 0. The van der Waals surface area contributed by atoms with E-state index in [0.717, 1.165) is 5.52 Å². The van der Waals surface area contributed by atoms with Gasteiger partial charge in [0, 0.05) is 11.6 Å². The molecule has 0 bridgehead atoms. The Morgan fingerprint density at radius 1 is 1.00 bits per heavy atom. The van der Waals surface area contributed by atoms with Gasteiger partial charge in [-0.2, -0.15) is 8.78 Å². The Hall–Kier alpha value is -2.69. The third kappa shape index (κ3) is 3.08. The number of alkyl halides is 2. The van der Waals surface area contributed by atoms with E-state index in [4.69, 9.17) is 4.42 Å². The van der Waals surface area contributed by atoms with Crippen LogP contribution in [-0.2, 0) is 0 Å². The quantitative estimate of drug-likeness (QED) is 0.703. The number of hydrogen-bond acceptors (Lipinski definition) is 3. The Balaban J connectivity index is 1.88. The smallest absolute Gasteiger partial charge is 0.387 e. The summed E-state index contributed by atoms with van der Waals surface area (Å²) in [5.41, 5.74) is 1.95. The highest BCUT2D eigenvalue weighted by Gasteiger charge is 2.07. The highest BCUT2D eigenvalue weighted by Crippen LogP contribution is 2.23. The number of oxazole rings is 1. The molecule has 0 unspecified atom stereocenters. The van der Waals surface area contributed by atoms with Crippen molar-refractivity contribution in [2.75, 3.05) is 0 Å². The summed E-state index contributed by atoms with van der Waals surface area (Å²) in [6, 6.07) is 13.9. The molecule has 1 heterocycles. The van der Waals surface area contributed by atoms with E-state index in [9.17, 15) is 8.78 Å². The van der Waals surface area contributed by atoms with Crippen molar-refractivity contribution in [2.24, 2.45) is 0 Å². The van der Waals surface area contributed by atoms with Crippen molar-refractivity contribution in [1.82, 2.24) is 4.98 Å². The summed E-state index contributed by atoms with van der Waals surface area (Å²) in [5, 5.41) is 0. The lowest BCUT2D eigenvalue weighted by atomic mass is 10.2. The molecule has 21 heavy (non-hydrogen) atoms. The van der Waals surface area contributed by atoms with Crippen LogP contribution in [0.1, 0.15) is 11.5 Å². The molecule has 0 saturated carbocycles. The topological polar surface area (TPSA) is 35.3 Å². The third-order valence-corrected chi connectivity index (χ3v) is 2.85. The molecule has 0 atom stereocenters. The Labute approximate surface area is 119 Å². The molecule has 5 heteroatoms. The predicted molar refractivity (Wildman–Crippen MR) is 76.0 cm³/mol. The van der Waals surface area contributed by atoms with Crippen LogP contribution in [0.2, 0.25) is 0 Å². The fraction of sp³-hybridized carbons (Fsp3) is 0.0625. The van der Waals surface area contributed by atoms with Crippen LogP contribution in [0.25, 0.3) is 23.3 Å². The van der Waals surface area contributed by atoms with Crippen molar-refractivity contribution in [3.05, 3.63) is 60.0 Å². The summed E-state index contributed by atoms with van der Waals surface area (Å²) in [4.78, 5) is 4.28. The van der Waals surface area contributed by atoms with Gasteiger partial charge in [-0.1, -0.05) is 30.3 Å². The van der Waals surface area contributed by atoms with Gasteiger partial charge >= 0.3 is 6.61 Å². The summed E-state index contributed by atoms with van der Waals surface area (Å²) in [6.45, 7) is -2.86. The minimum Gasteiger partial charge on any atom is -0.437 e. The number of para-hydroxylation sites is 3. The van der Waals surface area contributed by atoms with Gasteiger partial charge in [0.15, 0.2) is 5.58 Å². The molecule has 0 N–H and O–H groups in total. The molecule has 106 valence electrons. The summed E-state index contributed by atoms with van der Waals surface area (Å²) < 4.78 is 34.6. The molecular weight excluding hydrogens is 276 g/mol. The highest BCUT2D eigenvalue weighted by atomic mass is 19.3. The van der Waals surface area contributed by atoms with Crippen LogP contribution in [0, 0.1) is 0 Å². The monoisotopic (exact) mass is 287 g/mol. The zero-order valence-electron chi connectivity index (χ0n) is 10.9. The first kappa shape index (κ1) is 13.3. The van der Waals surface area contributed by atoms with Crippen LogP contribution >= 0.6 is 0 Å². The zero-order valence-corrected chi connectivity index (χ0v) is 10.9. The van der Waals surface area contributed by atoms with Crippen LogP contribution in [0.15, 0.2) is 52.9 Å². The molecule has 3 nitrogen and oxygen atoms in total. The van der Waals surface area contributed by atoms with Gasteiger partial charge in [0.05, 0.1) is 0 Å². The Morgan fingerprint density at radius 2 is 1.76 bits per heavy atom. The number of aromatic nitrogens is 1. The molecule has 3 rings (SSSR count). The number of nitrogens with zero attached hydrogens (tertiary/aromatic N) is 1. The van der Waals surface area contributed by atoms with E-state index >= 15 is 0 Å². The SMILES string of the molecule is FC(F)Oc1ccccc1C=Cc1nc2ccccc2o1.